The number of carbonyl (C=O) groups excluding carboxylic acids is 1. The molecule has 0 spiro atoms. The van der Waals surface area contributed by atoms with Gasteiger partial charge in [0.25, 0.3) is 5.91 Å². The van der Waals surface area contributed by atoms with E-state index in [4.69, 9.17) is 0 Å². The SMILES string of the molecule is Cc1ccc(C(=O)NCCCc2cn[nH]c2C)cc1C. The van der Waals surface area contributed by atoms with Crippen LogP contribution in [0.15, 0.2) is 24.4 Å². The summed E-state index contributed by atoms with van der Waals surface area (Å²) in [6, 6.07) is 5.79. The first-order valence-electron chi connectivity index (χ1n) is 6.92. The molecule has 1 aromatic heterocycles. The summed E-state index contributed by atoms with van der Waals surface area (Å²) >= 11 is 0. The second-order valence-corrected chi connectivity index (χ2v) is 5.18. The van der Waals surface area contributed by atoms with E-state index < -0.39 is 0 Å². The van der Waals surface area contributed by atoms with Crippen LogP contribution in [-0.2, 0) is 6.42 Å². The number of nitrogens with zero attached hydrogens (tertiary/aromatic N) is 1. The molecule has 4 heteroatoms. The Hall–Kier alpha value is -2.10. The fourth-order valence-electron chi connectivity index (χ4n) is 2.09. The minimum absolute atomic E-state index is 0.00276. The zero-order valence-corrected chi connectivity index (χ0v) is 12.3. The summed E-state index contributed by atoms with van der Waals surface area (Å²) < 4.78 is 0. The lowest BCUT2D eigenvalue weighted by molar-refractivity contribution is 0.0953. The van der Waals surface area contributed by atoms with Crippen LogP contribution in [0.25, 0.3) is 0 Å². The highest BCUT2D eigenvalue weighted by Crippen LogP contribution is 2.10. The molecule has 0 aliphatic carbocycles. The maximum Gasteiger partial charge on any atom is 0.251 e. The van der Waals surface area contributed by atoms with Gasteiger partial charge in [-0.1, -0.05) is 6.07 Å². The average molecular weight is 271 g/mol. The summed E-state index contributed by atoms with van der Waals surface area (Å²) in [6.45, 7) is 6.75. The number of benzene rings is 1. The van der Waals surface area contributed by atoms with E-state index in [1.165, 1.54) is 11.1 Å². The van der Waals surface area contributed by atoms with Crippen LogP contribution >= 0.6 is 0 Å². The van der Waals surface area contributed by atoms with Gasteiger partial charge < -0.3 is 5.32 Å². The Morgan fingerprint density at radius 3 is 2.70 bits per heavy atom. The Morgan fingerprint density at radius 2 is 2.05 bits per heavy atom. The van der Waals surface area contributed by atoms with Crippen LogP contribution in [0, 0.1) is 20.8 Å². The molecule has 2 aromatic rings. The van der Waals surface area contributed by atoms with Crippen LogP contribution in [0.2, 0.25) is 0 Å². The van der Waals surface area contributed by atoms with Gasteiger partial charge >= 0.3 is 0 Å². The monoisotopic (exact) mass is 271 g/mol. The molecule has 1 heterocycles. The largest absolute Gasteiger partial charge is 0.352 e. The van der Waals surface area contributed by atoms with Gasteiger partial charge in [0.15, 0.2) is 0 Å². The lowest BCUT2D eigenvalue weighted by Gasteiger charge is -2.07. The fourth-order valence-corrected chi connectivity index (χ4v) is 2.09. The molecule has 2 N–H and O–H groups in total. The van der Waals surface area contributed by atoms with Crippen molar-refractivity contribution in [1.29, 1.82) is 0 Å². The molecular formula is C16H21N3O. The summed E-state index contributed by atoms with van der Waals surface area (Å²) in [4.78, 5) is 12.0. The van der Waals surface area contributed by atoms with Crippen molar-refractivity contribution in [3.63, 3.8) is 0 Å². The number of H-pyrrole nitrogens is 1. The lowest BCUT2D eigenvalue weighted by Crippen LogP contribution is -2.24. The van der Waals surface area contributed by atoms with Crippen molar-refractivity contribution >= 4 is 5.91 Å². The summed E-state index contributed by atoms with van der Waals surface area (Å²) in [6.07, 6.45) is 3.69. The van der Waals surface area contributed by atoms with E-state index >= 15 is 0 Å². The quantitative estimate of drug-likeness (QED) is 0.821. The maximum atomic E-state index is 12.0. The summed E-state index contributed by atoms with van der Waals surface area (Å²) in [5, 5.41) is 9.87. The number of aromatic nitrogens is 2. The average Bonchev–Trinajstić information content (AvgIpc) is 2.83. The first kappa shape index (κ1) is 14.3. The molecule has 20 heavy (non-hydrogen) atoms. The first-order chi connectivity index (χ1) is 9.58. The van der Waals surface area contributed by atoms with Gasteiger partial charge in [0, 0.05) is 17.8 Å². The predicted octanol–water partition coefficient (Wildman–Crippen LogP) is 2.70. The molecule has 2 rings (SSSR count). The number of rotatable bonds is 5. The van der Waals surface area contributed by atoms with E-state index in [0.717, 1.165) is 29.7 Å². The second-order valence-electron chi connectivity index (χ2n) is 5.18. The van der Waals surface area contributed by atoms with E-state index in [9.17, 15) is 4.79 Å². The molecule has 0 atom stereocenters. The van der Waals surface area contributed by atoms with Crippen molar-refractivity contribution in [2.75, 3.05) is 6.54 Å². The van der Waals surface area contributed by atoms with Crippen LogP contribution in [0.1, 0.15) is 39.2 Å². The Bertz CT molecular complexity index is 602. The molecule has 0 saturated heterocycles. The second kappa shape index (κ2) is 6.37. The Labute approximate surface area is 119 Å². The Morgan fingerprint density at radius 1 is 1.25 bits per heavy atom. The van der Waals surface area contributed by atoms with Crippen LogP contribution in [0.5, 0.6) is 0 Å². The number of aromatic amines is 1. The number of nitrogens with one attached hydrogen (secondary N) is 2. The third-order valence-corrected chi connectivity index (χ3v) is 3.61. The molecule has 1 amide bonds. The van der Waals surface area contributed by atoms with Gasteiger partial charge in [-0.3, -0.25) is 9.89 Å². The predicted molar refractivity (Wildman–Crippen MR) is 79.9 cm³/mol. The maximum absolute atomic E-state index is 12.0. The zero-order chi connectivity index (χ0) is 14.5. The molecule has 4 nitrogen and oxygen atoms in total. The molecule has 0 fully saturated rings. The highest BCUT2D eigenvalue weighted by molar-refractivity contribution is 5.94. The summed E-state index contributed by atoms with van der Waals surface area (Å²) in [7, 11) is 0. The molecule has 0 saturated carbocycles. The molecule has 0 radical (unpaired) electrons. The van der Waals surface area contributed by atoms with Gasteiger partial charge in [-0.05, 0) is 62.4 Å². The van der Waals surface area contributed by atoms with Gasteiger partial charge in [0.05, 0.1) is 6.20 Å². The van der Waals surface area contributed by atoms with Crippen molar-refractivity contribution in [3.8, 4) is 0 Å². The van der Waals surface area contributed by atoms with E-state index in [-0.39, 0.29) is 5.91 Å². The number of hydrogen-bond donors (Lipinski definition) is 2. The minimum Gasteiger partial charge on any atom is -0.352 e. The van der Waals surface area contributed by atoms with Crippen molar-refractivity contribution in [2.24, 2.45) is 0 Å². The lowest BCUT2D eigenvalue weighted by atomic mass is 10.1. The number of carbonyl (C=O) groups is 1. The van der Waals surface area contributed by atoms with Crippen molar-refractivity contribution in [2.45, 2.75) is 33.6 Å². The van der Waals surface area contributed by atoms with E-state index in [1.807, 2.05) is 45.2 Å². The van der Waals surface area contributed by atoms with Crippen LogP contribution in [-0.4, -0.2) is 22.6 Å². The van der Waals surface area contributed by atoms with Crippen LogP contribution in [0.3, 0.4) is 0 Å². The van der Waals surface area contributed by atoms with Gasteiger partial charge in [0.2, 0.25) is 0 Å². The van der Waals surface area contributed by atoms with E-state index in [2.05, 4.69) is 15.5 Å². The first-order valence-corrected chi connectivity index (χ1v) is 6.92. The molecule has 106 valence electrons. The topological polar surface area (TPSA) is 57.8 Å². The summed E-state index contributed by atoms with van der Waals surface area (Å²) in [5.41, 5.74) is 5.40. The van der Waals surface area contributed by atoms with Crippen molar-refractivity contribution in [3.05, 3.63) is 52.3 Å². The summed E-state index contributed by atoms with van der Waals surface area (Å²) in [5.74, 6) is -0.00276. The van der Waals surface area contributed by atoms with Gasteiger partial charge in [-0.2, -0.15) is 5.10 Å². The van der Waals surface area contributed by atoms with Gasteiger partial charge in [0.1, 0.15) is 0 Å². The molecule has 0 aliphatic heterocycles. The Balaban J connectivity index is 1.80. The van der Waals surface area contributed by atoms with E-state index in [1.54, 1.807) is 0 Å². The normalized spacial score (nSPS) is 10.6. The number of amides is 1. The van der Waals surface area contributed by atoms with Crippen LogP contribution in [0.4, 0.5) is 0 Å². The highest BCUT2D eigenvalue weighted by Gasteiger charge is 2.06. The van der Waals surface area contributed by atoms with Crippen molar-refractivity contribution < 1.29 is 4.79 Å². The molecule has 0 aliphatic rings. The third-order valence-electron chi connectivity index (χ3n) is 3.61. The molecule has 0 bridgehead atoms. The molecule has 1 aromatic carbocycles. The van der Waals surface area contributed by atoms with Crippen LogP contribution < -0.4 is 5.32 Å². The zero-order valence-electron chi connectivity index (χ0n) is 12.3. The smallest absolute Gasteiger partial charge is 0.251 e. The van der Waals surface area contributed by atoms with E-state index in [0.29, 0.717) is 6.54 Å². The Kier molecular flexibility index (Phi) is 4.56. The van der Waals surface area contributed by atoms with Crippen molar-refractivity contribution in [1.82, 2.24) is 15.5 Å². The fraction of sp³-hybridized carbons (Fsp3) is 0.375. The standard InChI is InChI=1S/C16H21N3O/c1-11-6-7-14(9-12(11)2)16(20)17-8-4-5-15-10-18-19-13(15)3/h6-7,9-10H,4-5,8H2,1-3H3,(H,17,20)(H,18,19). The van der Waals surface area contributed by atoms with Gasteiger partial charge in [-0.15, -0.1) is 0 Å². The number of hydrogen-bond acceptors (Lipinski definition) is 2. The highest BCUT2D eigenvalue weighted by atomic mass is 16.1. The van der Waals surface area contributed by atoms with Gasteiger partial charge in [-0.25, -0.2) is 0 Å². The molecule has 0 unspecified atom stereocenters. The molecular weight excluding hydrogens is 250 g/mol. The third kappa shape index (κ3) is 3.47. The number of aryl methyl sites for hydroxylation is 4. The minimum atomic E-state index is -0.00276.